The van der Waals surface area contributed by atoms with E-state index in [1.807, 2.05) is 41.2 Å². The van der Waals surface area contributed by atoms with Crippen LogP contribution < -0.4 is 10.1 Å². The van der Waals surface area contributed by atoms with Gasteiger partial charge in [-0.25, -0.2) is 9.50 Å². The van der Waals surface area contributed by atoms with E-state index in [1.165, 1.54) is 30.5 Å². The second kappa shape index (κ2) is 7.71. The van der Waals surface area contributed by atoms with Crippen molar-refractivity contribution in [3.63, 3.8) is 0 Å². The van der Waals surface area contributed by atoms with E-state index < -0.39 is 0 Å². The fourth-order valence-corrected chi connectivity index (χ4v) is 5.42. The third kappa shape index (κ3) is 3.26. The molecule has 162 valence electrons. The largest absolute Gasteiger partial charge is 0.497 e. The number of rotatable bonds is 3. The van der Waals surface area contributed by atoms with Crippen LogP contribution in [0.2, 0.25) is 0 Å². The van der Waals surface area contributed by atoms with Gasteiger partial charge < -0.3 is 10.1 Å². The van der Waals surface area contributed by atoms with Crippen LogP contribution in [0, 0.1) is 5.41 Å². The first-order chi connectivity index (χ1) is 15.7. The molecule has 0 bridgehead atoms. The fraction of sp³-hybridized carbons (Fsp3) is 0.346. The van der Waals surface area contributed by atoms with Crippen LogP contribution >= 0.6 is 0 Å². The van der Waals surface area contributed by atoms with Crippen LogP contribution in [0.25, 0.3) is 28.0 Å². The molecule has 1 fully saturated rings. The fourth-order valence-electron chi connectivity index (χ4n) is 5.42. The molecule has 32 heavy (non-hydrogen) atoms. The average molecular weight is 426 g/mol. The number of hydrogen-bond acceptors (Lipinski definition) is 5. The van der Waals surface area contributed by atoms with Crippen LogP contribution in [0.3, 0.4) is 0 Å². The van der Waals surface area contributed by atoms with Crippen LogP contribution in [0.5, 0.6) is 5.75 Å². The number of nitrogens with zero attached hydrogens (tertiary/aromatic N) is 4. The van der Waals surface area contributed by atoms with Crippen LogP contribution in [-0.4, -0.2) is 39.8 Å². The quantitative estimate of drug-likeness (QED) is 0.529. The van der Waals surface area contributed by atoms with Crippen LogP contribution in [-0.2, 0) is 12.8 Å². The van der Waals surface area contributed by atoms with Gasteiger partial charge in [-0.15, -0.1) is 0 Å². The zero-order valence-electron chi connectivity index (χ0n) is 18.3. The van der Waals surface area contributed by atoms with Gasteiger partial charge in [0.05, 0.1) is 12.7 Å². The Balaban J connectivity index is 1.53. The summed E-state index contributed by atoms with van der Waals surface area (Å²) in [6.07, 6.45) is 11.7. The van der Waals surface area contributed by atoms with Gasteiger partial charge in [0.2, 0.25) is 0 Å². The molecule has 2 aliphatic rings. The summed E-state index contributed by atoms with van der Waals surface area (Å²) >= 11 is 0. The zero-order valence-corrected chi connectivity index (χ0v) is 18.3. The van der Waals surface area contributed by atoms with Crippen molar-refractivity contribution in [2.45, 2.75) is 32.1 Å². The molecule has 6 rings (SSSR count). The molecule has 1 aromatic carbocycles. The Hall–Kier alpha value is -3.25. The number of aromatic nitrogens is 4. The van der Waals surface area contributed by atoms with Gasteiger partial charge in [-0.05, 0) is 86.0 Å². The maximum atomic E-state index is 5.50. The van der Waals surface area contributed by atoms with Crippen LogP contribution in [0.1, 0.15) is 30.5 Å². The summed E-state index contributed by atoms with van der Waals surface area (Å²) in [7, 11) is 1.70. The Kier molecular flexibility index (Phi) is 4.68. The Labute approximate surface area is 187 Å². The van der Waals surface area contributed by atoms with Gasteiger partial charge in [0.15, 0.2) is 5.65 Å². The molecule has 1 aliphatic carbocycles. The molecule has 0 amide bonds. The lowest BCUT2D eigenvalue weighted by Gasteiger charge is -2.41. The highest BCUT2D eigenvalue weighted by Gasteiger charge is 2.36. The SMILES string of the molecule is COc1cccc(-c2c(-c3ccncc3)nn3cc4c(nc23)CCC2(CCNCC2)C4)c1. The molecule has 1 N–H and O–H groups in total. The number of benzene rings is 1. The molecule has 0 saturated carbocycles. The van der Waals surface area contributed by atoms with E-state index in [2.05, 4.69) is 28.6 Å². The molecule has 0 unspecified atom stereocenters. The van der Waals surface area contributed by atoms with Crippen molar-refractivity contribution in [3.05, 3.63) is 66.2 Å². The molecule has 4 heterocycles. The van der Waals surface area contributed by atoms with Gasteiger partial charge in [-0.1, -0.05) is 12.1 Å². The third-order valence-electron chi connectivity index (χ3n) is 7.21. The predicted octanol–water partition coefficient (Wildman–Crippen LogP) is 4.33. The minimum atomic E-state index is 0.421. The standard InChI is InChI=1S/C26H27N5O/c1-32-21-4-2-3-19(15-21)23-24(18-6-11-27-12-7-18)30-31-17-20-16-26(9-13-28-14-10-26)8-5-22(20)29-25(23)31/h2-4,6-7,11-12,15,17,28H,5,8-10,13-14,16H2,1H3. The number of hydrogen-bond donors (Lipinski definition) is 1. The van der Waals surface area contributed by atoms with Gasteiger partial charge in [-0.2, -0.15) is 5.10 Å². The molecule has 0 radical (unpaired) electrons. The van der Waals surface area contributed by atoms with Gasteiger partial charge in [0, 0.05) is 29.8 Å². The molecule has 1 spiro atoms. The maximum Gasteiger partial charge on any atom is 0.163 e. The van der Waals surface area contributed by atoms with E-state index in [-0.39, 0.29) is 0 Å². The van der Waals surface area contributed by atoms with Crippen molar-refractivity contribution in [1.29, 1.82) is 0 Å². The van der Waals surface area contributed by atoms with Gasteiger partial charge in [0.25, 0.3) is 0 Å². The van der Waals surface area contributed by atoms with E-state index in [1.54, 1.807) is 7.11 Å². The number of nitrogens with one attached hydrogen (secondary N) is 1. The van der Waals surface area contributed by atoms with E-state index in [4.69, 9.17) is 14.8 Å². The van der Waals surface area contributed by atoms with E-state index in [0.717, 1.165) is 59.7 Å². The minimum Gasteiger partial charge on any atom is -0.497 e. The molecule has 4 aromatic rings. The summed E-state index contributed by atoms with van der Waals surface area (Å²) in [5.74, 6) is 0.827. The molecule has 6 heteroatoms. The van der Waals surface area contributed by atoms with Crippen molar-refractivity contribution in [3.8, 4) is 28.1 Å². The number of methoxy groups -OCH3 is 1. The predicted molar refractivity (Wildman–Crippen MR) is 125 cm³/mol. The van der Waals surface area contributed by atoms with Gasteiger partial charge >= 0.3 is 0 Å². The second-order valence-corrected chi connectivity index (χ2v) is 9.10. The lowest BCUT2D eigenvalue weighted by molar-refractivity contribution is 0.172. The molecule has 0 atom stereocenters. The number of aryl methyl sites for hydroxylation is 1. The second-order valence-electron chi connectivity index (χ2n) is 9.10. The summed E-state index contributed by atoms with van der Waals surface area (Å²) < 4.78 is 7.49. The van der Waals surface area contributed by atoms with E-state index in [9.17, 15) is 0 Å². The Morgan fingerprint density at radius 2 is 1.88 bits per heavy atom. The topological polar surface area (TPSA) is 64.3 Å². The van der Waals surface area contributed by atoms with E-state index in [0.29, 0.717) is 5.41 Å². The van der Waals surface area contributed by atoms with Crippen molar-refractivity contribution in [2.75, 3.05) is 20.2 Å². The maximum absolute atomic E-state index is 5.50. The molecule has 1 saturated heterocycles. The van der Waals surface area contributed by atoms with Gasteiger partial charge in [0.1, 0.15) is 11.4 Å². The molecular weight excluding hydrogens is 398 g/mol. The van der Waals surface area contributed by atoms with Crippen molar-refractivity contribution in [1.82, 2.24) is 24.9 Å². The first-order valence-corrected chi connectivity index (χ1v) is 11.4. The number of ether oxygens (including phenoxy) is 1. The Morgan fingerprint density at radius 1 is 1.03 bits per heavy atom. The Bertz CT molecular complexity index is 1270. The first kappa shape index (κ1) is 19.4. The van der Waals surface area contributed by atoms with E-state index >= 15 is 0 Å². The Morgan fingerprint density at radius 3 is 2.69 bits per heavy atom. The lowest BCUT2D eigenvalue weighted by atomic mass is 9.68. The van der Waals surface area contributed by atoms with Crippen molar-refractivity contribution in [2.24, 2.45) is 5.41 Å². The molecule has 1 aliphatic heterocycles. The third-order valence-corrected chi connectivity index (χ3v) is 7.21. The normalized spacial score (nSPS) is 17.4. The minimum absolute atomic E-state index is 0.421. The summed E-state index contributed by atoms with van der Waals surface area (Å²) in [6.45, 7) is 2.25. The molecule has 6 nitrogen and oxygen atoms in total. The van der Waals surface area contributed by atoms with Crippen LogP contribution in [0.4, 0.5) is 0 Å². The molecule has 3 aromatic heterocycles. The van der Waals surface area contributed by atoms with Crippen molar-refractivity contribution < 1.29 is 4.74 Å². The highest BCUT2D eigenvalue weighted by Crippen LogP contribution is 2.43. The number of fused-ring (bicyclic) bond motifs is 2. The average Bonchev–Trinajstić information content (AvgIpc) is 3.22. The number of pyridine rings is 1. The summed E-state index contributed by atoms with van der Waals surface area (Å²) in [5, 5.41) is 8.55. The smallest absolute Gasteiger partial charge is 0.163 e. The van der Waals surface area contributed by atoms with Crippen molar-refractivity contribution >= 4 is 5.65 Å². The highest BCUT2D eigenvalue weighted by atomic mass is 16.5. The first-order valence-electron chi connectivity index (χ1n) is 11.4. The number of piperidine rings is 1. The van der Waals surface area contributed by atoms with Gasteiger partial charge in [-0.3, -0.25) is 4.98 Å². The summed E-state index contributed by atoms with van der Waals surface area (Å²) in [5.41, 5.74) is 7.97. The van der Waals surface area contributed by atoms with Crippen LogP contribution in [0.15, 0.2) is 55.0 Å². The summed E-state index contributed by atoms with van der Waals surface area (Å²) in [4.78, 5) is 9.39. The molecular formula is C26H27N5O. The highest BCUT2D eigenvalue weighted by molar-refractivity contribution is 5.90. The zero-order chi connectivity index (χ0) is 21.5. The lowest BCUT2D eigenvalue weighted by Crippen LogP contribution is -2.40. The summed E-state index contributed by atoms with van der Waals surface area (Å²) in [6, 6.07) is 12.2. The monoisotopic (exact) mass is 425 g/mol.